The Balaban J connectivity index is 2.52. The molecule has 0 saturated heterocycles. The van der Waals surface area contributed by atoms with Gasteiger partial charge >= 0.3 is 0 Å². The Morgan fingerprint density at radius 3 is 2.22 bits per heavy atom. The van der Waals surface area contributed by atoms with E-state index in [1.165, 1.54) is 19.1 Å². The predicted molar refractivity (Wildman–Crippen MR) is 139 cm³/mol. The molecule has 2 rings (SSSR count). The predicted octanol–water partition coefficient (Wildman–Crippen LogP) is 4.61. The normalized spacial score (nSPS) is 14.7. The second-order valence-electron chi connectivity index (χ2n) is 9.96. The molecule has 0 amide bonds. The molecule has 0 saturated carbocycles. The molecule has 2 aromatic carbocycles. The number of terminal acetylenes is 1. The van der Waals surface area contributed by atoms with Gasteiger partial charge in [0.1, 0.15) is 5.75 Å². The Kier molecular flexibility index (Phi) is 8.71. The van der Waals surface area contributed by atoms with Crippen LogP contribution in [0, 0.1) is 33.8 Å². The van der Waals surface area contributed by atoms with Crippen LogP contribution in [0.2, 0.25) is 18.1 Å². The van der Waals surface area contributed by atoms with Gasteiger partial charge in [-0.05, 0) is 55.4 Å². The average molecular weight is 530 g/mol. The van der Waals surface area contributed by atoms with Gasteiger partial charge in [-0.15, -0.1) is 6.42 Å². The van der Waals surface area contributed by atoms with E-state index in [4.69, 9.17) is 20.8 Å². The molecule has 192 valence electrons. The van der Waals surface area contributed by atoms with E-state index in [1.54, 1.807) is 24.3 Å². The summed E-state index contributed by atoms with van der Waals surface area (Å²) in [6.45, 7) is 11.5. The largest absolute Gasteiger partial charge is 0.473 e. The van der Waals surface area contributed by atoms with Crippen LogP contribution in [0.4, 0.5) is 5.69 Å². The lowest BCUT2D eigenvalue weighted by atomic mass is 9.98. The maximum absolute atomic E-state index is 13.4. The number of nitro groups is 1. The molecular formula is C25H31N3O6SSi. The molecule has 1 N–H and O–H groups in total. The third-order valence-corrected chi connectivity index (χ3v) is 12.4. The van der Waals surface area contributed by atoms with Crippen molar-refractivity contribution in [3.8, 4) is 24.2 Å². The lowest BCUT2D eigenvalue weighted by molar-refractivity contribution is -0.387. The average Bonchev–Trinajstić information content (AvgIpc) is 2.81. The number of rotatable bonds is 10. The minimum Gasteiger partial charge on any atom is -0.473 e. The van der Waals surface area contributed by atoms with Gasteiger partial charge in [-0.1, -0.05) is 38.8 Å². The van der Waals surface area contributed by atoms with Crippen molar-refractivity contribution in [1.82, 2.24) is 4.72 Å². The summed E-state index contributed by atoms with van der Waals surface area (Å²) < 4.78 is 41.6. The first kappa shape index (κ1) is 29.0. The van der Waals surface area contributed by atoms with Crippen molar-refractivity contribution in [2.45, 2.75) is 62.4 Å². The van der Waals surface area contributed by atoms with Crippen LogP contribution in [0.15, 0.2) is 53.4 Å². The van der Waals surface area contributed by atoms with E-state index in [-0.39, 0.29) is 11.6 Å². The van der Waals surface area contributed by atoms with E-state index in [2.05, 4.69) is 10.6 Å². The SMILES string of the molecule is C#C[C@@](C)(Oc1ccc(C#N)cc1)[C@@H](CO[Si](C)(C)C(C)(C)C)NS(=O)(=O)c1ccccc1[N+](=O)[O-]. The van der Waals surface area contributed by atoms with Crippen LogP contribution >= 0.6 is 0 Å². The zero-order valence-corrected chi connectivity index (χ0v) is 23.0. The summed E-state index contributed by atoms with van der Waals surface area (Å²) >= 11 is 0. The van der Waals surface area contributed by atoms with Gasteiger partial charge < -0.3 is 9.16 Å². The van der Waals surface area contributed by atoms with Crippen molar-refractivity contribution in [3.05, 3.63) is 64.2 Å². The van der Waals surface area contributed by atoms with E-state index < -0.39 is 45.5 Å². The van der Waals surface area contributed by atoms with Gasteiger partial charge in [0.2, 0.25) is 10.0 Å². The summed E-state index contributed by atoms with van der Waals surface area (Å²) in [6, 6.07) is 12.1. The molecule has 0 heterocycles. The number of nitrogens with zero attached hydrogens (tertiary/aromatic N) is 2. The zero-order chi connectivity index (χ0) is 27.4. The van der Waals surface area contributed by atoms with E-state index in [1.807, 2.05) is 39.9 Å². The fourth-order valence-corrected chi connectivity index (χ4v) is 5.43. The molecule has 0 aliphatic rings. The number of hydrogen-bond acceptors (Lipinski definition) is 7. The standard InChI is InChI=1S/C25H31N3O6SSi/c1-8-25(5,34-20-15-13-19(17-26)14-16-20)23(18-33-36(6,7)24(2,3)4)27-35(31,32)22-12-10-9-11-21(22)28(29)30/h1,9-16,23,27H,18H2,2-7H3/t23-,25-/m1/s1. The van der Waals surface area contributed by atoms with Crippen LogP contribution in [0.5, 0.6) is 5.75 Å². The number of para-hydroxylation sites is 1. The smallest absolute Gasteiger partial charge is 0.289 e. The van der Waals surface area contributed by atoms with E-state index in [9.17, 15) is 18.5 Å². The molecule has 0 fully saturated rings. The number of nitriles is 1. The number of nitrogens with one attached hydrogen (secondary N) is 1. The highest BCUT2D eigenvalue weighted by Gasteiger charge is 2.43. The molecule has 0 spiro atoms. The summed E-state index contributed by atoms with van der Waals surface area (Å²) in [7, 11) is -6.76. The van der Waals surface area contributed by atoms with Crippen LogP contribution in [-0.4, -0.2) is 39.9 Å². The fraction of sp³-hybridized carbons (Fsp3) is 0.400. The highest BCUT2D eigenvalue weighted by atomic mass is 32.2. The second-order valence-corrected chi connectivity index (χ2v) is 16.5. The number of hydrogen-bond donors (Lipinski definition) is 1. The van der Waals surface area contributed by atoms with Gasteiger partial charge in [0, 0.05) is 6.07 Å². The maximum Gasteiger partial charge on any atom is 0.289 e. The molecule has 36 heavy (non-hydrogen) atoms. The summed E-state index contributed by atoms with van der Waals surface area (Å²) in [5, 5.41) is 20.4. The molecule has 0 unspecified atom stereocenters. The monoisotopic (exact) mass is 529 g/mol. The Bertz CT molecular complexity index is 1290. The van der Waals surface area contributed by atoms with Crippen molar-refractivity contribution in [2.75, 3.05) is 6.61 Å². The molecule has 11 heteroatoms. The Morgan fingerprint density at radius 2 is 1.72 bits per heavy atom. The number of benzene rings is 2. The Labute approximate surface area is 213 Å². The van der Waals surface area contributed by atoms with Crippen LogP contribution in [0.1, 0.15) is 33.3 Å². The van der Waals surface area contributed by atoms with Gasteiger partial charge in [-0.3, -0.25) is 10.1 Å². The Morgan fingerprint density at radius 1 is 1.14 bits per heavy atom. The summed E-state index contributed by atoms with van der Waals surface area (Å²) in [6.07, 6.45) is 5.86. The van der Waals surface area contributed by atoms with E-state index in [0.717, 1.165) is 12.1 Å². The third-order valence-electron chi connectivity index (χ3n) is 6.33. The third kappa shape index (κ3) is 6.71. The molecule has 0 aliphatic carbocycles. The number of sulfonamides is 1. The summed E-state index contributed by atoms with van der Waals surface area (Å²) in [5.41, 5.74) is -1.70. The molecule has 2 atom stereocenters. The van der Waals surface area contributed by atoms with Gasteiger partial charge in [0.15, 0.2) is 18.8 Å². The molecule has 0 bridgehead atoms. The van der Waals surface area contributed by atoms with Crippen molar-refractivity contribution >= 4 is 24.0 Å². The topological polar surface area (TPSA) is 132 Å². The van der Waals surface area contributed by atoms with Gasteiger partial charge in [0.05, 0.1) is 29.2 Å². The molecule has 9 nitrogen and oxygen atoms in total. The molecule has 0 aliphatic heterocycles. The fourth-order valence-electron chi connectivity index (χ4n) is 2.94. The molecule has 2 aromatic rings. The van der Waals surface area contributed by atoms with Crippen LogP contribution in [0.25, 0.3) is 0 Å². The first-order valence-corrected chi connectivity index (χ1v) is 15.5. The molecule has 0 aromatic heterocycles. The zero-order valence-electron chi connectivity index (χ0n) is 21.2. The maximum atomic E-state index is 13.4. The first-order chi connectivity index (χ1) is 16.6. The van der Waals surface area contributed by atoms with E-state index >= 15 is 0 Å². The second kappa shape index (κ2) is 10.8. The van der Waals surface area contributed by atoms with Crippen molar-refractivity contribution in [3.63, 3.8) is 0 Å². The highest BCUT2D eigenvalue weighted by Crippen LogP contribution is 2.37. The summed E-state index contributed by atoms with van der Waals surface area (Å²) in [5.74, 6) is 2.85. The van der Waals surface area contributed by atoms with Crippen molar-refractivity contribution < 1.29 is 22.5 Å². The van der Waals surface area contributed by atoms with Gasteiger partial charge in [-0.25, -0.2) is 13.1 Å². The first-order valence-electron chi connectivity index (χ1n) is 11.1. The quantitative estimate of drug-likeness (QED) is 0.206. The van der Waals surface area contributed by atoms with Gasteiger partial charge in [0.25, 0.3) is 5.69 Å². The highest BCUT2D eigenvalue weighted by molar-refractivity contribution is 7.89. The molecular weight excluding hydrogens is 498 g/mol. The van der Waals surface area contributed by atoms with Crippen molar-refractivity contribution in [2.24, 2.45) is 0 Å². The minimum atomic E-state index is -4.41. The number of ether oxygens (including phenoxy) is 1. The Hall–Kier alpha value is -3.22. The lowest BCUT2D eigenvalue weighted by Gasteiger charge is -2.40. The molecule has 0 radical (unpaired) electrons. The van der Waals surface area contributed by atoms with Gasteiger partial charge in [-0.2, -0.15) is 5.26 Å². The van der Waals surface area contributed by atoms with E-state index in [0.29, 0.717) is 11.3 Å². The number of nitro benzene ring substituents is 1. The van der Waals surface area contributed by atoms with Crippen molar-refractivity contribution in [1.29, 1.82) is 5.26 Å². The minimum absolute atomic E-state index is 0.132. The van der Waals surface area contributed by atoms with Crippen LogP contribution < -0.4 is 9.46 Å². The lowest BCUT2D eigenvalue weighted by Crippen LogP contribution is -2.57. The van der Waals surface area contributed by atoms with Crippen LogP contribution in [0.3, 0.4) is 0 Å². The van der Waals surface area contributed by atoms with Crippen LogP contribution in [-0.2, 0) is 14.4 Å². The summed E-state index contributed by atoms with van der Waals surface area (Å²) in [4.78, 5) is 10.2.